The number of hydrogen-bond acceptors (Lipinski definition) is 5. The van der Waals surface area contributed by atoms with Crippen LogP contribution >= 0.6 is 0 Å². The number of unbranched alkanes of at least 4 members (excludes halogenated alkanes) is 2. The minimum Gasteiger partial charge on any atom is -0.494 e. The van der Waals surface area contributed by atoms with E-state index in [1.807, 2.05) is 29.2 Å². The Kier molecular flexibility index (Phi) is 7.85. The third-order valence-corrected chi connectivity index (χ3v) is 5.15. The maximum absolute atomic E-state index is 12.9. The Bertz CT molecular complexity index is 762. The van der Waals surface area contributed by atoms with Crippen molar-refractivity contribution in [2.75, 3.05) is 19.7 Å². The molecule has 29 heavy (non-hydrogen) atoms. The summed E-state index contributed by atoms with van der Waals surface area (Å²) in [6.07, 6.45) is 9.60. The van der Waals surface area contributed by atoms with Crippen LogP contribution in [0.1, 0.15) is 61.9 Å². The van der Waals surface area contributed by atoms with E-state index in [0.29, 0.717) is 24.7 Å². The Labute approximate surface area is 173 Å². The fraction of sp³-hybridized carbons (Fsp3) is 0.522. The van der Waals surface area contributed by atoms with Crippen molar-refractivity contribution in [1.29, 1.82) is 0 Å². The number of aromatic nitrogens is 2. The molecule has 6 heteroatoms. The molecule has 1 fully saturated rings. The second-order valence-corrected chi connectivity index (χ2v) is 7.44. The van der Waals surface area contributed by atoms with Crippen LogP contribution in [0.4, 0.5) is 0 Å². The molecule has 0 N–H and O–H groups in total. The lowest BCUT2D eigenvalue weighted by molar-refractivity contribution is 0.0515. The van der Waals surface area contributed by atoms with Crippen LogP contribution in [0.2, 0.25) is 0 Å². The van der Waals surface area contributed by atoms with Crippen LogP contribution in [0, 0.1) is 0 Å². The Balaban J connectivity index is 1.53. The number of nitrogens with zero attached hydrogens (tertiary/aromatic N) is 3. The molecule has 156 valence electrons. The van der Waals surface area contributed by atoms with Gasteiger partial charge in [0.1, 0.15) is 11.9 Å². The molecule has 0 bridgehead atoms. The van der Waals surface area contributed by atoms with Crippen LogP contribution < -0.4 is 9.47 Å². The lowest BCUT2D eigenvalue weighted by Gasteiger charge is -2.32. The highest BCUT2D eigenvalue weighted by Gasteiger charge is 2.26. The first-order valence-electron chi connectivity index (χ1n) is 10.7. The third-order valence-electron chi connectivity index (χ3n) is 5.15. The van der Waals surface area contributed by atoms with Crippen molar-refractivity contribution in [3.05, 3.63) is 47.8 Å². The summed E-state index contributed by atoms with van der Waals surface area (Å²) in [6, 6.07) is 7.81. The van der Waals surface area contributed by atoms with Crippen molar-refractivity contribution < 1.29 is 14.3 Å². The molecule has 3 rings (SSSR count). The summed E-state index contributed by atoms with van der Waals surface area (Å²) in [6.45, 7) is 6.24. The molecular weight excluding hydrogens is 366 g/mol. The van der Waals surface area contributed by atoms with E-state index in [4.69, 9.17) is 9.47 Å². The van der Waals surface area contributed by atoms with E-state index < -0.39 is 0 Å². The van der Waals surface area contributed by atoms with Crippen LogP contribution in [0.15, 0.2) is 36.7 Å². The fourth-order valence-electron chi connectivity index (χ4n) is 3.37. The van der Waals surface area contributed by atoms with E-state index in [-0.39, 0.29) is 12.0 Å². The lowest BCUT2D eigenvalue weighted by Crippen LogP contribution is -2.44. The zero-order chi connectivity index (χ0) is 20.5. The van der Waals surface area contributed by atoms with Gasteiger partial charge in [-0.15, -0.1) is 0 Å². The average Bonchev–Trinajstić information content (AvgIpc) is 2.77. The van der Waals surface area contributed by atoms with Crippen molar-refractivity contribution >= 4 is 5.91 Å². The van der Waals surface area contributed by atoms with Crippen molar-refractivity contribution in [2.45, 2.75) is 58.5 Å². The quantitative estimate of drug-likeness (QED) is 0.591. The smallest absolute Gasteiger partial charge is 0.316 e. The standard InChI is InChI=1S/C23H31N3O3/c1-3-5-6-14-28-20-11-9-19(10-12-20)22(27)26-13-7-8-21(17-26)29-23-24-15-18(4-2)16-25-23/h9-12,15-16,21H,3-8,13-14,17H2,1-2H3. The SMILES string of the molecule is CCCCCOc1ccc(C(=O)N2CCCC(Oc3ncc(CC)cn3)C2)cc1. The van der Waals surface area contributed by atoms with E-state index in [9.17, 15) is 4.79 Å². The van der Waals surface area contributed by atoms with Gasteiger partial charge in [0.15, 0.2) is 0 Å². The molecule has 0 spiro atoms. The molecule has 1 aliphatic rings. The molecule has 1 aromatic heterocycles. The summed E-state index contributed by atoms with van der Waals surface area (Å²) in [5.74, 6) is 0.836. The molecule has 0 radical (unpaired) electrons. The van der Waals surface area contributed by atoms with Crippen LogP contribution in [0.25, 0.3) is 0 Å². The number of carbonyl (C=O) groups excluding carboxylic acids is 1. The summed E-state index contributed by atoms with van der Waals surface area (Å²) in [5, 5.41) is 0. The van der Waals surface area contributed by atoms with Gasteiger partial charge in [-0.25, -0.2) is 9.97 Å². The summed E-state index contributed by atoms with van der Waals surface area (Å²) >= 11 is 0. The van der Waals surface area contributed by atoms with Crippen molar-refractivity contribution in [2.24, 2.45) is 0 Å². The zero-order valence-corrected chi connectivity index (χ0v) is 17.5. The molecule has 2 heterocycles. The normalized spacial score (nSPS) is 16.5. The summed E-state index contributed by atoms with van der Waals surface area (Å²) in [5.41, 5.74) is 1.76. The minimum absolute atomic E-state index is 0.0260. The maximum atomic E-state index is 12.9. The first-order valence-corrected chi connectivity index (χ1v) is 10.7. The number of ether oxygens (including phenoxy) is 2. The number of rotatable bonds is 9. The molecule has 2 aromatic rings. The molecule has 6 nitrogen and oxygen atoms in total. The van der Waals surface area contributed by atoms with Crippen LogP contribution in [-0.2, 0) is 6.42 Å². The van der Waals surface area contributed by atoms with E-state index in [0.717, 1.165) is 43.5 Å². The van der Waals surface area contributed by atoms with Crippen molar-refractivity contribution in [3.63, 3.8) is 0 Å². The number of hydrogen-bond donors (Lipinski definition) is 0. The number of carbonyl (C=O) groups is 1. The lowest BCUT2D eigenvalue weighted by atomic mass is 10.1. The number of benzene rings is 1. The van der Waals surface area contributed by atoms with Gasteiger partial charge in [0, 0.05) is 24.5 Å². The number of piperidine rings is 1. The van der Waals surface area contributed by atoms with E-state index in [1.54, 1.807) is 12.4 Å². The van der Waals surface area contributed by atoms with Gasteiger partial charge in [-0.05, 0) is 55.5 Å². The van der Waals surface area contributed by atoms with Crippen molar-refractivity contribution in [3.8, 4) is 11.8 Å². The Morgan fingerprint density at radius 3 is 2.59 bits per heavy atom. The monoisotopic (exact) mass is 397 g/mol. The number of likely N-dealkylation sites (tertiary alicyclic amines) is 1. The average molecular weight is 398 g/mol. The Morgan fingerprint density at radius 2 is 1.90 bits per heavy atom. The first kappa shape index (κ1) is 21.1. The Hall–Kier alpha value is -2.63. The molecule has 0 aliphatic carbocycles. The largest absolute Gasteiger partial charge is 0.494 e. The molecule has 1 aliphatic heterocycles. The highest BCUT2D eigenvalue weighted by atomic mass is 16.5. The third kappa shape index (κ3) is 6.17. The molecular formula is C23H31N3O3. The number of amides is 1. The predicted molar refractivity (Wildman–Crippen MR) is 112 cm³/mol. The highest BCUT2D eigenvalue weighted by Crippen LogP contribution is 2.19. The second-order valence-electron chi connectivity index (χ2n) is 7.44. The van der Waals surface area contributed by atoms with Gasteiger partial charge in [0.25, 0.3) is 5.91 Å². The summed E-state index contributed by atoms with van der Waals surface area (Å²) in [4.78, 5) is 23.3. The van der Waals surface area contributed by atoms with Crippen LogP contribution in [-0.4, -0.2) is 46.6 Å². The van der Waals surface area contributed by atoms with Gasteiger partial charge in [-0.1, -0.05) is 26.7 Å². The van der Waals surface area contributed by atoms with Crippen LogP contribution in [0.3, 0.4) is 0 Å². The minimum atomic E-state index is -0.0821. The predicted octanol–water partition coefficient (Wildman–Crippen LogP) is 4.29. The summed E-state index contributed by atoms with van der Waals surface area (Å²) < 4.78 is 11.6. The van der Waals surface area contributed by atoms with Gasteiger partial charge in [0.05, 0.1) is 13.2 Å². The molecule has 1 aromatic carbocycles. The highest BCUT2D eigenvalue weighted by molar-refractivity contribution is 5.94. The topological polar surface area (TPSA) is 64.5 Å². The molecule has 1 unspecified atom stereocenters. The molecule has 0 saturated carbocycles. The van der Waals surface area contributed by atoms with Gasteiger partial charge in [-0.2, -0.15) is 0 Å². The second kappa shape index (κ2) is 10.8. The molecule has 1 amide bonds. The van der Waals surface area contributed by atoms with Crippen molar-refractivity contribution in [1.82, 2.24) is 14.9 Å². The maximum Gasteiger partial charge on any atom is 0.316 e. The van der Waals surface area contributed by atoms with Gasteiger partial charge in [0.2, 0.25) is 0 Å². The van der Waals surface area contributed by atoms with Gasteiger partial charge >= 0.3 is 6.01 Å². The number of aryl methyl sites for hydroxylation is 1. The Morgan fingerprint density at radius 1 is 1.14 bits per heavy atom. The van der Waals surface area contributed by atoms with E-state index in [2.05, 4.69) is 23.8 Å². The van der Waals surface area contributed by atoms with Gasteiger partial charge < -0.3 is 14.4 Å². The zero-order valence-electron chi connectivity index (χ0n) is 17.5. The fourth-order valence-corrected chi connectivity index (χ4v) is 3.37. The molecule has 1 saturated heterocycles. The summed E-state index contributed by atoms with van der Waals surface area (Å²) in [7, 11) is 0. The van der Waals surface area contributed by atoms with Gasteiger partial charge in [-0.3, -0.25) is 4.79 Å². The van der Waals surface area contributed by atoms with Crippen LogP contribution in [0.5, 0.6) is 11.8 Å². The van der Waals surface area contributed by atoms with E-state index >= 15 is 0 Å². The molecule has 1 atom stereocenters. The van der Waals surface area contributed by atoms with E-state index in [1.165, 1.54) is 12.8 Å². The first-order chi connectivity index (χ1) is 14.2.